The highest BCUT2D eigenvalue weighted by atomic mass is 35.5. The first kappa shape index (κ1) is 66.9. The molecule has 0 radical (unpaired) electrons. The van der Waals surface area contributed by atoms with Crippen molar-refractivity contribution >= 4 is 35.5 Å². The number of nitrogens with zero attached hydrogens (tertiary/aromatic N) is 2. The first-order valence-corrected chi connectivity index (χ1v) is 28.2. The van der Waals surface area contributed by atoms with Crippen LogP contribution < -0.4 is 19.7 Å². The molecule has 8 rings (SSSR count). The normalized spacial score (nSPS) is 22.4. The number of carbonyl (C=O) groups is 4. The van der Waals surface area contributed by atoms with Gasteiger partial charge in [-0.3, -0.25) is 0 Å². The van der Waals surface area contributed by atoms with E-state index in [1.807, 2.05) is 84.9 Å². The Morgan fingerprint density at radius 1 is 0.573 bits per heavy atom. The van der Waals surface area contributed by atoms with Gasteiger partial charge >= 0.3 is 24.3 Å². The molecule has 6 unspecified atom stereocenters. The molecule has 21 heteroatoms. The van der Waals surface area contributed by atoms with Gasteiger partial charge in [-0.05, 0) is 80.8 Å². The number of hydrogen-bond donors (Lipinski definition) is 2. The molecule has 4 fully saturated rings. The lowest BCUT2D eigenvalue weighted by Crippen LogP contribution is -2.47. The van der Waals surface area contributed by atoms with Crippen LogP contribution in [-0.4, -0.2) is 134 Å². The summed E-state index contributed by atoms with van der Waals surface area (Å²) in [4.78, 5) is 44.4. The number of aryl methyl sites for hydroxylation is 3. The Morgan fingerprint density at radius 3 is 1.29 bits per heavy atom. The fourth-order valence-corrected chi connectivity index (χ4v) is 11.8. The topological polar surface area (TPSA) is 192 Å². The smallest absolute Gasteiger partial charge is 0.430 e. The minimum absolute atomic E-state index is 0.0782. The lowest BCUT2D eigenvalue weighted by atomic mass is 9.80. The zero-order valence-corrected chi connectivity index (χ0v) is 48.0. The maximum absolute atomic E-state index is 13.4. The van der Waals surface area contributed by atoms with Gasteiger partial charge < -0.3 is 57.9 Å². The highest BCUT2D eigenvalue weighted by Gasteiger charge is 2.51. The van der Waals surface area contributed by atoms with Gasteiger partial charge in [-0.25, -0.2) is 9.59 Å². The van der Waals surface area contributed by atoms with E-state index in [0.29, 0.717) is 35.1 Å². The number of likely N-dealkylation sites (tertiary alicyclic amines) is 2. The molecule has 0 spiro atoms. The predicted molar refractivity (Wildman–Crippen MR) is 290 cm³/mol. The zero-order chi connectivity index (χ0) is 60.5. The number of para-hydroxylation sites is 1. The first-order valence-electron chi connectivity index (χ1n) is 27.8. The third-order valence-electron chi connectivity index (χ3n) is 15.9. The molecule has 2 heterocycles. The van der Waals surface area contributed by atoms with Gasteiger partial charge in [-0.1, -0.05) is 128 Å². The molecule has 4 aliphatic rings. The van der Waals surface area contributed by atoms with E-state index >= 15 is 0 Å². The number of carbonyl (C=O) groups excluding carboxylic acids is 4. The number of ether oxygens (including phenoxy) is 4. The fraction of sp³-hybridized carbons (Fsp3) is 0.541. The predicted octanol–water partition coefficient (Wildman–Crippen LogP) is 8.77. The number of rotatable bonds is 18. The summed E-state index contributed by atoms with van der Waals surface area (Å²) in [5.74, 6) is -5.42. The van der Waals surface area contributed by atoms with Crippen LogP contribution in [0, 0.1) is 32.6 Å². The zero-order valence-electron chi connectivity index (χ0n) is 47.2. The van der Waals surface area contributed by atoms with Crippen molar-refractivity contribution in [2.24, 2.45) is 11.8 Å². The molecule has 2 saturated carbocycles. The highest BCUT2D eigenvalue weighted by Crippen LogP contribution is 2.44. The van der Waals surface area contributed by atoms with Gasteiger partial charge in [0.05, 0.1) is 58.5 Å². The standard InChI is InChI=1S/C30H42NO4.C27H35ClNO4.2C2HF3O2/c1-22-19-23(2)28(24(3)20-22)34-18-10-16-31(4)17-15-27(21-31)35-29(32)30(33,26-13-8-9-14-26)25-11-6-5-7-12-25;1-29(17-9-19-32-25-15-8-7-14-24(25)28)18-16-23(20-29)33-26(30)27(31,22-12-5-6-13-22)21-10-3-2-4-11-21;2*3-2(4,5)1(6)7/h5-7,11-12,19-20,26-27,33H,8-10,13-18,21H2,1-4H3;2-4,7-8,10-11,14-15,22-23,31H,5-6,9,12-13,16-20H2,1H3;2*(H,6,7)/q2*+1;;/p-2. The third kappa shape index (κ3) is 18.8. The van der Waals surface area contributed by atoms with Gasteiger partial charge in [0.15, 0.2) is 23.4 Å². The Hall–Kier alpha value is -5.93. The largest absolute Gasteiger partial charge is 0.542 e. The average Bonchev–Trinajstić information content (AvgIpc) is 4.13. The molecule has 6 atom stereocenters. The van der Waals surface area contributed by atoms with Gasteiger partial charge in [0.2, 0.25) is 0 Å². The summed E-state index contributed by atoms with van der Waals surface area (Å²) in [5.41, 5.74) is 1.82. The number of aliphatic hydroxyl groups is 2. The lowest BCUT2D eigenvalue weighted by molar-refractivity contribution is -0.899. The average molecular weight is 1180 g/mol. The summed E-state index contributed by atoms with van der Waals surface area (Å²) in [7, 11) is 4.43. The number of esters is 2. The number of halogens is 7. The van der Waals surface area contributed by atoms with E-state index in [4.69, 9.17) is 50.4 Å². The van der Waals surface area contributed by atoms with Crippen LogP contribution in [0.4, 0.5) is 26.3 Å². The molecule has 2 saturated heterocycles. The number of carboxylic acids is 2. The van der Waals surface area contributed by atoms with Crippen molar-refractivity contribution < 1.29 is 93.9 Å². The monoisotopic (exact) mass is 1180 g/mol. The van der Waals surface area contributed by atoms with Gasteiger partial charge in [-0.2, -0.15) is 26.3 Å². The van der Waals surface area contributed by atoms with E-state index in [9.17, 15) is 46.1 Å². The molecule has 2 N–H and O–H groups in total. The Bertz CT molecular complexity index is 2660. The van der Waals surface area contributed by atoms with E-state index in [-0.39, 0.29) is 24.0 Å². The van der Waals surface area contributed by atoms with Gasteiger partial charge in [0.25, 0.3) is 0 Å². The summed E-state index contributed by atoms with van der Waals surface area (Å²) in [6.07, 6.45) is 0.353. The summed E-state index contributed by atoms with van der Waals surface area (Å²) >= 11 is 6.16. The quantitative estimate of drug-likeness (QED) is 0.0417. The molecular weight excluding hydrogens is 1100 g/mol. The molecule has 2 aliphatic heterocycles. The van der Waals surface area contributed by atoms with Crippen LogP contribution >= 0.6 is 11.6 Å². The molecule has 0 bridgehead atoms. The van der Waals surface area contributed by atoms with Crippen LogP contribution in [-0.2, 0) is 39.9 Å². The van der Waals surface area contributed by atoms with Crippen molar-refractivity contribution in [1.82, 2.24) is 0 Å². The van der Waals surface area contributed by atoms with Crippen LogP contribution in [0.1, 0.15) is 105 Å². The number of likely N-dealkylation sites (N-methyl/N-ethyl adjacent to an activating group) is 2. The Kier molecular flexibility index (Phi) is 24.1. The van der Waals surface area contributed by atoms with E-state index in [2.05, 4.69) is 47.0 Å². The summed E-state index contributed by atoms with van der Waals surface area (Å²) in [6.45, 7) is 12.9. The van der Waals surface area contributed by atoms with Crippen molar-refractivity contribution in [3.8, 4) is 11.5 Å². The molecule has 4 aromatic carbocycles. The van der Waals surface area contributed by atoms with Crippen molar-refractivity contribution in [2.45, 2.75) is 134 Å². The van der Waals surface area contributed by atoms with Crippen molar-refractivity contribution in [3.05, 3.63) is 130 Å². The van der Waals surface area contributed by atoms with Crippen molar-refractivity contribution in [1.29, 1.82) is 0 Å². The van der Waals surface area contributed by atoms with E-state index in [1.165, 1.54) is 16.7 Å². The number of quaternary nitrogens is 2. The molecule has 0 amide bonds. The second-order valence-corrected chi connectivity index (χ2v) is 22.9. The Labute approximate surface area is 481 Å². The maximum atomic E-state index is 13.4. The molecule has 82 heavy (non-hydrogen) atoms. The van der Waals surface area contributed by atoms with E-state index < -0.39 is 47.4 Å². The van der Waals surface area contributed by atoms with Gasteiger partial charge in [0.1, 0.15) is 36.5 Å². The lowest BCUT2D eigenvalue weighted by Gasteiger charge is -2.33. The third-order valence-corrected chi connectivity index (χ3v) is 16.2. The highest BCUT2D eigenvalue weighted by molar-refractivity contribution is 6.32. The van der Waals surface area contributed by atoms with Crippen LogP contribution in [0.2, 0.25) is 5.02 Å². The number of hydrogen-bond acceptors (Lipinski definition) is 12. The molecular formula is C61H77ClF6N2O12. The summed E-state index contributed by atoms with van der Waals surface area (Å²) in [5, 5.41) is 41.5. The molecule has 14 nitrogen and oxygen atoms in total. The second-order valence-electron chi connectivity index (χ2n) is 22.5. The minimum Gasteiger partial charge on any atom is -0.542 e. The Balaban J connectivity index is 0.000000244. The van der Waals surface area contributed by atoms with E-state index in [1.54, 1.807) is 0 Å². The SMILES string of the molecule is C[N+]1(CCCOc2ccccc2Cl)CCC(OC(=O)C(O)(c2ccccc2)C2CCCC2)C1.Cc1cc(C)c(OCCC[N+]2(C)CCC(OC(=O)C(O)(c3ccccc3)C3CCCC3)C2)c(C)c1.O=C([O-])C(F)(F)F.O=C([O-])C(F)(F)F. The molecule has 4 aromatic rings. The number of aliphatic carboxylic acids is 2. The fourth-order valence-electron chi connectivity index (χ4n) is 11.7. The van der Waals surface area contributed by atoms with Crippen LogP contribution in [0.15, 0.2) is 97.1 Å². The van der Waals surface area contributed by atoms with Gasteiger partial charge in [-0.15, -0.1) is 0 Å². The summed E-state index contributed by atoms with van der Waals surface area (Å²) < 4.78 is 88.8. The number of alkyl halides is 6. The second kappa shape index (κ2) is 29.5. The van der Waals surface area contributed by atoms with E-state index in [0.717, 1.165) is 131 Å². The summed E-state index contributed by atoms with van der Waals surface area (Å²) in [6, 6.07) is 30.5. The first-order chi connectivity index (χ1) is 38.5. The van der Waals surface area contributed by atoms with Crippen LogP contribution in [0.3, 0.4) is 0 Å². The van der Waals surface area contributed by atoms with Crippen LogP contribution in [0.25, 0.3) is 0 Å². The minimum atomic E-state index is -5.19. The molecule has 0 aromatic heterocycles. The van der Waals surface area contributed by atoms with Crippen molar-refractivity contribution in [3.63, 3.8) is 0 Å². The van der Waals surface area contributed by atoms with Gasteiger partial charge in [0, 0.05) is 37.5 Å². The molecule has 452 valence electrons. The maximum Gasteiger partial charge on any atom is 0.430 e. The van der Waals surface area contributed by atoms with Crippen molar-refractivity contribution in [2.75, 3.05) is 66.6 Å². The molecule has 2 aliphatic carbocycles. The Morgan fingerprint density at radius 2 is 0.927 bits per heavy atom. The number of benzene rings is 4. The van der Waals surface area contributed by atoms with Crippen LogP contribution in [0.5, 0.6) is 11.5 Å². The number of carboxylic acid groups (broad SMARTS) is 2.